The number of ether oxygens (including phenoxy) is 2. The van der Waals surface area contributed by atoms with Crippen LogP contribution in [0.5, 0.6) is 11.5 Å². The van der Waals surface area contributed by atoms with E-state index in [1.807, 2.05) is 30.3 Å². The summed E-state index contributed by atoms with van der Waals surface area (Å²) in [5, 5.41) is 6.99. The van der Waals surface area contributed by atoms with Gasteiger partial charge in [0.2, 0.25) is 0 Å². The summed E-state index contributed by atoms with van der Waals surface area (Å²) in [4.78, 5) is 12.5. The van der Waals surface area contributed by atoms with Gasteiger partial charge in [0.1, 0.15) is 23.9 Å². The fraction of sp³-hybridized carbons (Fsp3) is 0.200. The minimum Gasteiger partial charge on any atom is -0.486 e. The highest BCUT2D eigenvalue weighted by Crippen LogP contribution is 2.26. The highest BCUT2D eigenvalue weighted by atomic mass is 79.9. The van der Waals surface area contributed by atoms with E-state index in [0.29, 0.717) is 11.4 Å². The summed E-state index contributed by atoms with van der Waals surface area (Å²) >= 11 is 3.39. The molecule has 0 aliphatic heterocycles. The van der Waals surface area contributed by atoms with Gasteiger partial charge in [-0.3, -0.25) is 4.79 Å². The number of anilines is 1. The van der Waals surface area contributed by atoms with Gasteiger partial charge in [0, 0.05) is 4.47 Å². The second-order valence-electron chi connectivity index (χ2n) is 7.79. The van der Waals surface area contributed by atoms with Crippen LogP contribution in [0.1, 0.15) is 33.9 Å². The van der Waals surface area contributed by atoms with Crippen molar-refractivity contribution in [3.05, 3.63) is 94.1 Å². The molecule has 2 aromatic carbocycles. The van der Waals surface area contributed by atoms with Gasteiger partial charge >= 0.3 is 0 Å². The lowest BCUT2D eigenvalue weighted by molar-refractivity contribution is 0.0992. The standard InChI is InChI=1S/C25H22BrN3O4/c26-19-5-8-21(9-6-19)32-16-29-14-20(13-27-29)28-25(30)24-11-10-23(33-24)15-31-22-7-4-17-2-1-3-18(17)12-22/h4-14H,1-3,15-16H2,(H,28,30). The molecule has 1 N–H and O–H groups in total. The zero-order valence-electron chi connectivity index (χ0n) is 17.8. The summed E-state index contributed by atoms with van der Waals surface area (Å²) in [5.74, 6) is 1.98. The highest BCUT2D eigenvalue weighted by molar-refractivity contribution is 9.10. The Morgan fingerprint density at radius 3 is 2.73 bits per heavy atom. The minimum atomic E-state index is -0.354. The first-order chi connectivity index (χ1) is 16.1. The first-order valence-electron chi connectivity index (χ1n) is 10.7. The van der Waals surface area contributed by atoms with Crippen LogP contribution in [0.25, 0.3) is 0 Å². The number of amides is 1. The van der Waals surface area contributed by atoms with Crippen LogP contribution < -0.4 is 14.8 Å². The number of aromatic nitrogens is 2. The number of carbonyl (C=O) groups is 1. The second-order valence-corrected chi connectivity index (χ2v) is 8.70. The first-order valence-corrected chi connectivity index (χ1v) is 11.5. The van der Waals surface area contributed by atoms with Crippen molar-refractivity contribution in [3.8, 4) is 11.5 Å². The topological polar surface area (TPSA) is 78.5 Å². The summed E-state index contributed by atoms with van der Waals surface area (Å²) in [6.07, 6.45) is 6.70. The maximum absolute atomic E-state index is 12.5. The van der Waals surface area contributed by atoms with Gasteiger partial charge in [0.25, 0.3) is 5.91 Å². The average molecular weight is 508 g/mol. The van der Waals surface area contributed by atoms with E-state index < -0.39 is 0 Å². The normalized spacial score (nSPS) is 12.4. The Labute approximate surface area is 199 Å². The van der Waals surface area contributed by atoms with Crippen molar-refractivity contribution in [2.75, 3.05) is 5.32 Å². The zero-order valence-corrected chi connectivity index (χ0v) is 19.4. The summed E-state index contributed by atoms with van der Waals surface area (Å²) in [5.41, 5.74) is 3.31. The lowest BCUT2D eigenvalue weighted by atomic mass is 10.1. The van der Waals surface area contributed by atoms with E-state index in [2.05, 4.69) is 38.5 Å². The Bertz CT molecular complexity index is 1260. The van der Waals surface area contributed by atoms with Gasteiger partial charge in [-0.1, -0.05) is 22.0 Å². The van der Waals surface area contributed by atoms with Crippen molar-refractivity contribution in [2.24, 2.45) is 0 Å². The van der Waals surface area contributed by atoms with Crippen molar-refractivity contribution in [2.45, 2.75) is 32.6 Å². The molecule has 0 spiro atoms. The van der Waals surface area contributed by atoms with Crippen molar-refractivity contribution in [1.82, 2.24) is 9.78 Å². The molecular formula is C25H22BrN3O4. The monoisotopic (exact) mass is 507 g/mol. The van der Waals surface area contributed by atoms with Gasteiger partial charge in [-0.25, -0.2) is 4.68 Å². The molecular weight excluding hydrogens is 486 g/mol. The van der Waals surface area contributed by atoms with Crippen LogP contribution >= 0.6 is 15.9 Å². The van der Waals surface area contributed by atoms with Crippen LogP contribution in [0, 0.1) is 0 Å². The SMILES string of the molecule is O=C(Nc1cnn(COc2ccc(Br)cc2)c1)c1ccc(COc2ccc3c(c2)CCC3)o1. The summed E-state index contributed by atoms with van der Waals surface area (Å²) in [7, 11) is 0. The van der Waals surface area contributed by atoms with E-state index >= 15 is 0 Å². The molecule has 0 fully saturated rings. The molecule has 0 atom stereocenters. The molecule has 0 saturated carbocycles. The molecule has 4 aromatic rings. The molecule has 2 heterocycles. The molecule has 0 radical (unpaired) electrons. The number of hydrogen-bond acceptors (Lipinski definition) is 5. The Hall–Kier alpha value is -3.52. The van der Waals surface area contributed by atoms with E-state index in [1.165, 1.54) is 17.5 Å². The molecule has 1 amide bonds. The van der Waals surface area contributed by atoms with Crippen LogP contribution in [0.2, 0.25) is 0 Å². The fourth-order valence-corrected chi connectivity index (χ4v) is 4.00. The van der Waals surface area contributed by atoms with Crippen LogP contribution in [-0.2, 0) is 26.2 Å². The fourth-order valence-electron chi connectivity index (χ4n) is 3.73. The lowest BCUT2D eigenvalue weighted by Crippen LogP contribution is -2.10. The maximum Gasteiger partial charge on any atom is 0.291 e. The Morgan fingerprint density at radius 1 is 1.03 bits per heavy atom. The van der Waals surface area contributed by atoms with Crippen molar-refractivity contribution in [1.29, 1.82) is 0 Å². The van der Waals surface area contributed by atoms with E-state index in [4.69, 9.17) is 13.9 Å². The van der Waals surface area contributed by atoms with Gasteiger partial charge < -0.3 is 19.2 Å². The third kappa shape index (κ3) is 5.28. The van der Waals surface area contributed by atoms with Gasteiger partial charge in [-0.2, -0.15) is 5.10 Å². The molecule has 33 heavy (non-hydrogen) atoms. The molecule has 168 valence electrons. The molecule has 5 rings (SSSR count). The van der Waals surface area contributed by atoms with Gasteiger partial charge in [-0.15, -0.1) is 0 Å². The van der Waals surface area contributed by atoms with E-state index in [0.717, 1.165) is 28.8 Å². The molecule has 2 aromatic heterocycles. The quantitative estimate of drug-likeness (QED) is 0.336. The first kappa shape index (κ1) is 21.3. The zero-order chi connectivity index (χ0) is 22.6. The number of nitrogens with one attached hydrogen (secondary N) is 1. The van der Waals surface area contributed by atoms with Crippen LogP contribution in [0.3, 0.4) is 0 Å². The summed E-state index contributed by atoms with van der Waals surface area (Å²) < 4.78 is 19.8. The number of furan rings is 1. The number of benzene rings is 2. The van der Waals surface area contributed by atoms with Crippen LogP contribution in [0.4, 0.5) is 5.69 Å². The van der Waals surface area contributed by atoms with Gasteiger partial charge in [-0.05, 0) is 78.9 Å². The second kappa shape index (κ2) is 9.54. The average Bonchev–Trinajstić information content (AvgIpc) is 3.58. The number of halogens is 1. The molecule has 8 heteroatoms. The number of hydrogen-bond donors (Lipinski definition) is 1. The van der Waals surface area contributed by atoms with Crippen molar-refractivity contribution in [3.63, 3.8) is 0 Å². The van der Waals surface area contributed by atoms with Crippen LogP contribution in [0.15, 0.2) is 75.9 Å². The number of nitrogens with zero attached hydrogens (tertiary/aromatic N) is 2. The number of carbonyl (C=O) groups excluding carboxylic acids is 1. The summed E-state index contributed by atoms with van der Waals surface area (Å²) in [6.45, 7) is 0.486. The van der Waals surface area contributed by atoms with Crippen LogP contribution in [-0.4, -0.2) is 15.7 Å². The molecule has 0 bridgehead atoms. The molecule has 7 nitrogen and oxygen atoms in total. The van der Waals surface area contributed by atoms with E-state index in [9.17, 15) is 4.79 Å². The maximum atomic E-state index is 12.5. The Kier molecular flexibility index (Phi) is 6.17. The summed E-state index contributed by atoms with van der Waals surface area (Å²) in [6, 6.07) is 17.1. The van der Waals surface area contributed by atoms with Gasteiger partial charge in [0.15, 0.2) is 12.5 Å². The number of aryl methyl sites for hydroxylation is 2. The third-order valence-electron chi connectivity index (χ3n) is 5.40. The smallest absolute Gasteiger partial charge is 0.291 e. The minimum absolute atomic E-state index is 0.210. The Balaban J connectivity index is 1.13. The number of rotatable bonds is 8. The molecule has 0 unspecified atom stereocenters. The van der Waals surface area contributed by atoms with Crippen molar-refractivity contribution < 1.29 is 18.7 Å². The number of fused-ring (bicyclic) bond motifs is 1. The Morgan fingerprint density at radius 2 is 1.85 bits per heavy atom. The molecule has 1 aliphatic rings. The third-order valence-corrected chi connectivity index (χ3v) is 5.93. The molecule has 1 aliphatic carbocycles. The van der Waals surface area contributed by atoms with Gasteiger partial charge in [0.05, 0.1) is 18.1 Å². The van der Waals surface area contributed by atoms with Crippen molar-refractivity contribution >= 4 is 27.5 Å². The predicted molar refractivity (Wildman–Crippen MR) is 126 cm³/mol. The predicted octanol–water partition coefficient (Wildman–Crippen LogP) is 5.60. The largest absolute Gasteiger partial charge is 0.486 e. The highest BCUT2D eigenvalue weighted by Gasteiger charge is 2.14. The van der Waals surface area contributed by atoms with E-state index in [-0.39, 0.29) is 25.0 Å². The lowest BCUT2D eigenvalue weighted by Gasteiger charge is -2.06. The molecule has 0 saturated heterocycles. The van der Waals surface area contributed by atoms with E-state index in [1.54, 1.807) is 29.2 Å².